The van der Waals surface area contributed by atoms with Crippen molar-refractivity contribution in [1.29, 1.82) is 0 Å². The molecule has 0 aromatic heterocycles. The SMILES string of the molecule is SC=CS.[H-].[K+]. The van der Waals surface area contributed by atoms with Gasteiger partial charge in [0.15, 0.2) is 0 Å². The van der Waals surface area contributed by atoms with E-state index in [1.54, 1.807) is 10.8 Å². The minimum atomic E-state index is 0. The topological polar surface area (TPSA) is 0 Å². The first-order valence-electron chi connectivity index (χ1n) is 0.850. The summed E-state index contributed by atoms with van der Waals surface area (Å²) >= 11 is 7.33. The average Bonchev–Trinajstić information content (AvgIpc) is 1.37. The number of thiol groups is 2. The van der Waals surface area contributed by atoms with Gasteiger partial charge < -0.3 is 1.43 Å². The van der Waals surface area contributed by atoms with Gasteiger partial charge in [0, 0.05) is 0 Å². The predicted molar refractivity (Wildman–Crippen MR) is 28.2 cm³/mol. The second-order valence-corrected chi connectivity index (χ2v) is 0.894. The van der Waals surface area contributed by atoms with Crippen molar-refractivity contribution in [3.05, 3.63) is 10.8 Å². The molecule has 0 spiro atoms. The maximum Gasteiger partial charge on any atom is 1.00 e. The molecule has 0 radical (unpaired) electrons. The second-order valence-electron chi connectivity index (χ2n) is 0.298. The zero-order valence-corrected chi connectivity index (χ0v) is 7.96. The average molecular weight is 132 g/mol. The van der Waals surface area contributed by atoms with Crippen LogP contribution in [0.1, 0.15) is 1.43 Å². The minimum Gasteiger partial charge on any atom is -1.00 e. The third-order valence-electron chi connectivity index (χ3n) is 0.0667. The van der Waals surface area contributed by atoms with Gasteiger partial charge in [-0.15, -0.1) is 0 Å². The van der Waals surface area contributed by atoms with Crippen molar-refractivity contribution in [2.75, 3.05) is 0 Å². The van der Waals surface area contributed by atoms with E-state index >= 15 is 0 Å². The standard InChI is InChI=1S/C2H4S2.K.H/c3-1-2-4;;/h1-4H;;/q;+1;-1. The largest absolute Gasteiger partial charge is 1.00 e. The van der Waals surface area contributed by atoms with Crippen LogP contribution in [0.3, 0.4) is 0 Å². The summed E-state index contributed by atoms with van der Waals surface area (Å²) in [4.78, 5) is 0. The Hall–Kier alpha value is 2.08. The Morgan fingerprint density at radius 3 is 1.40 bits per heavy atom. The van der Waals surface area contributed by atoms with Crippen molar-refractivity contribution < 1.29 is 52.8 Å². The second kappa shape index (κ2) is 9.42. The third kappa shape index (κ3) is 10.7. The van der Waals surface area contributed by atoms with Crippen molar-refractivity contribution in [3.8, 4) is 0 Å². The summed E-state index contributed by atoms with van der Waals surface area (Å²) in [7, 11) is 0. The van der Waals surface area contributed by atoms with Gasteiger partial charge in [0.1, 0.15) is 0 Å². The van der Waals surface area contributed by atoms with Gasteiger partial charge in [-0.2, -0.15) is 25.3 Å². The molecule has 0 amide bonds. The van der Waals surface area contributed by atoms with Gasteiger partial charge in [-0.25, -0.2) is 0 Å². The molecular formula is C2H5KS2. The molecule has 0 aliphatic heterocycles. The smallest absolute Gasteiger partial charge is 1.00 e. The molecule has 0 aliphatic carbocycles. The molecule has 26 valence electrons. The van der Waals surface area contributed by atoms with Crippen LogP contribution in [0, 0.1) is 0 Å². The van der Waals surface area contributed by atoms with E-state index in [4.69, 9.17) is 0 Å². The van der Waals surface area contributed by atoms with Crippen LogP contribution in [0.2, 0.25) is 0 Å². The summed E-state index contributed by atoms with van der Waals surface area (Å²) in [6.07, 6.45) is 0. The fourth-order valence-electron chi connectivity index (χ4n) is 0. The Kier molecular flexibility index (Phi) is 19.1. The number of rotatable bonds is 0. The van der Waals surface area contributed by atoms with E-state index < -0.39 is 0 Å². The zero-order valence-electron chi connectivity index (χ0n) is 4.05. The van der Waals surface area contributed by atoms with E-state index in [1.807, 2.05) is 0 Å². The van der Waals surface area contributed by atoms with Crippen LogP contribution in [0.15, 0.2) is 10.8 Å². The number of hydrogen-bond acceptors (Lipinski definition) is 2. The Balaban J connectivity index is -0.0000000450. The maximum absolute atomic E-state index is 3.66. The third-order valence-corrected chi connectivity index (χ3v) is 0.600. The quantitative estimate of drug-likeness (QED) is 0.289. The van der Waals surface area contributed by atoms with Crippen LogP contribution in [0.25, 0.3) is 0 Å². The van der Waals surface area contributed by atoms with E-state index in [0.717, 1.165) is 0 Å². The Bertz CT molecular complexity index is 26.7. The molecule has 0 fully saturated rings. The number of hydrogen-bond donors (Lipinski definition) is 2. The molecule has 0 unspecified atom stereocenters. The van der Waals surface area contributed by atoms with Crippen LogP contribution in [-0.2, 0) is 0 Å². The fraction of sp³-hybridized carbons (Fsp3) is 0. The van der Waals surface area contributed by atoms with Crippen molar-refractivity contribution in [2.24, 2.45) is 0 Å². The molecule has 0 aromatic rings. The molecule has 0 saturated carbocycles. The van der Waals surface area contributed by atoms with Crippen LogP contribution in [0.4, 0.5) is 0 Å². The summed E-state index contributed by atoms with van der Waals surface area (Å²) in [6, 6.07) is 0. The molecule has 0 nitrogen and oxygen atoms in total. The van der Waals surface area contributed by atoms with E-state index in [0.29, 0.717) is 0 Å². The van der Waals surface area contributed by atoms with Gasteiger partial charge in [-0.3, -0.25) is 0 Å². The summed E-state index contributed by atoms with van der Waals surface area (Å²) < 4.78 is 0. The van der Waals surface area contributed by atoms with Gasteiger partial charge in [-0.1, -0.05) is 0 Å². The zero-order chi connectivity index (χ0) is 3.41. The molecule has 0 rings (SSSR count). The molecule has 0 atom stereocenters. The summed E-state index contributed by atoms with van der Waals surface area (Å²) in [6.45, 7) is 0. The Labute approximate surface area is 87.1 Å². The minimum absolute atomic E-state index is 0. The van der Waals surface area contributed by atoms with E-state index in [2.05, 4.69) is 25.3 Å². The van der Waals surface area contributed by atoms with Crippen LogP contribution in [-0.4, -0.2) is 0 Å². The van der Waals surface area contributed by atoms with E-state index in [9.17, 15) is 0 Å². The van der Waals surface area contributed by atoms with Crippen LogP contribution >= 0.6 is 25.3 Å². The normalized spacial score (nSPS) is 7.60. The molecule has 0 bridgehead atoms. The first-order chi connectivity index (χ1) is 1.91. The first-order valence-corrected chi connectivity index (χ1v) is 1.88. The summed E-state index contributed by atoms with van der Waals surface area (Å²) in [5.41, 5.74) is 0. The molecule has 0 saturated heterocycles. The van der Waals surface area contributed by atoms with Gasteiger partial charge in [0.05, 0.1) is 0 Å². The predicted octanol–water partition coefficient (Wildman–Crippen LogP) is -1.57. The Morgan fingerprint density at radius 2 is 1.40 bits per heavy atom. The van der Waals surface area contributed by atoms with Crippen molar-refractivity contribution in [2.45, 2.75) is 0 Å². The molecule has 0 heterocycles. The molecular weight excluding hydrogens is 127 g/mol. The van der Waals surface area contributed by atoms with E-state index in [-0.39, 0.29) is 52.8 Å². The monoisotopic (exact) mass is 132 g/mol. The molecule has 0 N–H and O–H groups in total. The van der Waals surface area contributed by atoms with Crippen molar-refractivity contribution in [1.82, 2.24) is 0 Å². The van der Waals surface area contributed by atoms with Crippen LogP contribution < -0.4 is 51.4 Å². The van der Waals surface area contributed by atoms with E-state index in [1.165, 1.54) is 0 Å². The maximum atomic E-state index is 3.66. The molecule has 3 heteroatoms. The van der Waals surface area contributed by atoms with Gasteiger partial charge >= 0.3 is 51.4 Å². The van der Waals surface area contributed by atoms with Crippen molar-refractivity contribution >= 4 is 25.3 Å². The molecule has 5 heavy (non-hydrogen) atoms. The molecule has 0 aliphatic rings. The van der Waals surface area contributed by atoms with Crippen molar-refractivity contribution in [3.63, 3.8) is 0 Å². The van der Waals surface area contributed by atoms with Gasteiger partial charge in [0.2, 0.25) is 0 Å². The fourth-order valence-corrected chi connectivity index (χ4v) is 0. The van der Waals surface area contributed by atoms with Gasteiger partial charge in [-0.05, 0) is 10.8 Å². The summed E-state index contributed by atoms with van der Waals surface area (Å²) in [5, 5.41) is 3.12. The first kappa shape index (κ1) is 10.1. The van der Waals surface area contributed by atoms with Gasteiger partial charge in [0.25, 0.3) is 0 Å². The molecule has 0 aromatic carbocycles. The van der Waals surface area contributed by atoms with Crippen LogP contribution in [0.5, 0.6) is 0 Å². The Morgan fingerprint density at radius 1 is 1.20 bits per heavy atom. The summed E-state index contributed by atoms with van der Waals surface area (Å²) in [5.74, 6) is 0.